The van der Waals surface area contributed by atoms with Crippen LogP contribution in [0.4, 0.5) is 10.5 Å². The zero-order chi connectivity index (χ0) is 27.7. The fourth-order valence-electron chi connectivity index (χ4n) is 5.52. The van der Waals surface area contributed by atoms with Crippen molar-refractivity contribution >= 4 is 34.5 Å². The number of carbonyl (C=O) groups excluding carboxylic acids is 3. The summed E-state index contributed by atoms with van der Waals surface area (Å²) in [5, 5.41) is 4.04. The van der Waals surface area contributed by atoms with Gasteiger partial charge in [0.2, 0.25) is 11.8 Å². The van der Waals surface area contributed by atoms with E-state index >= 15 is 0 Å². The molecule has 1 aromatic heterocycles. The first kappa shape index (κ1) is 26.6. The number of para-hydroxylation sites is 1. The first-order valence-electron chi connectivity index (χ1n) is 13.6. The number of aromatic amines is 1. The number of H-pyrrole nitrogens is 1. The fraction of sp³-hybridized carbons (Fsp3) is 0.433. The highest BCUT2D eigenvalue weighted by molar-refractivity contribution is 5.92. The van der Waals surface area contributed by atoms with Crippen LogP contribution in [0.25, 0.3) is 10.9 Å². The lowest BCUT2D eigenvalue weighted by atomic mass is 9.99. The lowest BCUT2D eigenvalue weighted by molar-refractivity contribution is -0.138. The Labute approximate surface area is 228 Å². The number of likely N-dealkylation sites (tertiary alicyclic amines) is 1. The quantitative estimate of drug-likeness (QED) is 0.428. The maximum Gasteiger partial charge on any atom is 0.410 e. The van der Waals surface area contributed by atoms with Gasteiger partial charge in [0.15, 0.2) is 0 Å². The molecule has 0 spiro atoms. The van der Waals surface area contributed by atoms with Gasteiger partial charge in [-0.05, 0) is 74.9 Å². The minimum Gasteiger partial charge on any atom is -0.444 e. The molecule has 3 heterocycles. The molecule has 3 aromatic rings. The van der Waals surface area contributed by atoms with Gasteiger partial charge in [-0.2, -0.15) is 0 Å². The van der Waals surface area contributed by atoms with Crippen molar-refractivity contribution < 1.29 is 19.1 Å². The molecule has 39 heavy (non-hydrogen) atoms. The van der Waals surface area contributed by atoms with Crippen LogP contribution in [-0.2, 0) is 33.8 Å². The van der Waals surface area contributed by atoms with Crippen LogP contribution >= 0.6 is 0 Å². The Morgan fingerprint density at radius 2 is 1.87 bits per heavy atom. The van der Waals surface area contributed by atoms with Crippen molar-refractivity contribution in [3.05, 3.63) is 65.4 Å². The lowest BCUT2D eigenvalue weighted by Gasteiger charge is -2.36. The summed E-state index contributed by atoms with van der Waals surface area (Å²) in [6.45, 7) is 6.76. The summed E-state index contributed by atoms with van der Waals surface area (Å²) in [6.07, 6.45) is 3.85. The SMILES string of the molecule is CC(C)(C)OC(=O)N1CCCCC1C(=O)NC(Cc1c[nH]c2ccccc12)C(=O)N1Cc2ccc(N)cc2C1. The Hall–Kier alpha value is -4.01. The predicted molar refractivity (Wildman–Crippen MR) is 150 cm³/mol. The molecule has 4 N–H and O–H groups in total. The van der Waals surface area contributed by atoms with Crippen molar-refractivity contribution in [1.29, 1.82) is 0 Å². The monoisotopic (exact) mass is 531 g/mol. The number of fused-ring (bicyclic) bond motifs is 2. The van der Waals surface area contributed by atoms with Crippen LogP contribution in [-0.4, -0.2) is 56.9 Å². The van der Waals surface area contributed by atoms with E-state index in [0.717, 1.165) is 40.4 Å². The van der Waals surface area contributed by atoms with Gasteiger partial charge in [-0.1, -0.05) is 24.3 Å². The van der Waals surface area contributed by atoms with Gasteiger partial charge in [0.1, 0.15) is 17.7 Å². The van der Waals surface area contributed by atoms with Crippen molar-refractivity contribution in [3.63, 3.8) is 0 Å². The average Bonchev–Trinajstić information content (AvgIpc) is 3.50. The minimum atomic E-state index is -0.800. The van der Waals surface area contributed by atoms with Gasteiger partial charge in [-0.15, -0.1) is 0 Å². The zero-order valence-corrected chi connectivity index (χ0v) is 22.8. The Morgan fingerprint density at radius 1 is 1.10 bits per heavy atom. The molecule has 206 valence electrons. The molecule has 0 aliphatic carbocycles. The number of aromatic nitrogens is 1. The average molecular weight is 532 g/mol. The van der Waals surface area contributed by atoms with E-state index in [-0.39, 0.29) is 11.8 Å². The fourth-order valence-corrected chi connectivity index (χ4v) is 5.52. The molecule has 0 saturated carbocycles. The molecule has 0 bridgehead atoms. The lowest BCUT2D eigenvalue weighted by Crippen LogP contribution is -2.57. The standard InChI is InChI=1S/C30H37N5O4/c1-30(2,3)39-29(38)35-13-7-6-10-26(35)27(36)33-25(15-20-16-32-24-9-5-4-8-23(20)24)28(37)34-17-19-11-12-22(31)14-21(19)18-34/h4-5,8-9,11-12,14,16,25-26,32H,6-7,10,13,15,17-18,31H2,1-3H3,(H,33,36). The molecule has 9 heteroatoms. The Bertz CT molecular complexity index is 1390. The van der Waals surface area contributed by atoms with E-state index in [4.69, 9.17) is 10.5 Å². The molecule has 0 radical (unpaired) electrons. The molecular weight excluding hydrogens is 494 g/mol. The third-order valence-corrected chi connectivity index (χ3v) is 7.41. The van der Waals surface area contributed by atoms with Crippen molar-refractivity contribution in [1.82, 2.24) is 20.1 Å². The Kier molecular flexibility index (Phi) is 7.25. The number of nitrogens with zero attached hydrogens (tertiary/aromatic N) is 2. The maximum absolute atomic E-state index is 13.9. The van der Waals surface area contributed by atoms with Gasteiger partial charge in [0.25, 0.3) is 0 Å². The number of anilines is 1. The zero-order valence-electron chi connectivity index (χ0n) is 22.8. The topological polar surface area (TPSA) is 121 Å². The molecule has 5 rings (SSSR count). The number of benzene rings is 2. The normalized spacial score (nSPS) is 18.1. The van der Waals surface area contributed by atoms with Crippen LogP contribution in [0.15, 0.2) is 48.7 Å². The van der Waals surface area contributed by atoms with Gasteiger partial charge in [0, 0.05) is 48.8 Å². The van der Waals surface area contributed by atoms with Crippen LogP contribution in [0, 0.1) is 0 Å². The number of nitrogen functional groups attached to an aromatic ring is 1. The van der Waals surface area contributed by atoms with Gasteiger partial charge in [0.05, 0.1) is 0 Å². The van der Waals surface area contributed by atoms with Gasteiger partial charge in [-0.3, -0.25) is 14.5 Å². The van der Waals surface area contributed by atoms with Crippen LogP contribution in [0.2, 0.25) is 0 Å². The van der Waals surface area contributed by atoms with Crippen LogP contribution in [0.1, 0.15) is 56.7 Å². The highest BCUT2D eigenvalue weighted by Crippen LogP contribution is 2.27. The third-order valence-electron chi connectivity index (χ3n) is 7.41. The summed E-state index contributed by atoms with van der Waals surface area (Å²) in [4.78, 5) is 47.1. The van der Waals surface area contributed by atoms with Crippen LogP contribution in [0.5, 0.6) is 0 Å². The van der Waals surface area contributed by atoms with E-state index in [1.165, 1.54) is 4.90 Å². The second-order valence-electron chi connectivity index (χ2n) is 11.5. The maximum atomic E-state index is 13.9. The second-order valence-corrected chi connectivity index (χ2v) is 11.5. The first-order chi connectivity index (χ1) is 18.6. The molecule has 2 aromatic carbocycles. The Morgan fingerprint density at radius 3 is 2.67 bits per heavy atom. The van der Waals surface area contributed by atoms with Gasteiger partial charge < -0.3 is 25.7 Å². The summed E-state index contributed by atoms with van der Waals surface area (Å²) in [7, 11) is 0. The number of nitrogens with two attached hydrogens (primary N) is 1. The molecule has 3 amide bonds. The van der Waals surface area contributed by atoms with Crippen molar-refractivity contribution in [3.8, 4) is 0 Å². The third kappa shape index (κ3) is 5.87. The number of hydrogen-bond donors (Lipinski definition) is 3. The number of rotatable bonds is 5. The molecule has 2 unspecified atom stereocenters. The van der Waals surface area contributed by atoms with Crippen LogP contribution < -0.4 is 11.1 Å². The number of ether oxygens (including phenoxy) is 1. The number of carbonyl (C=O) groups is 3. The number of hydrogen-bond acceptors (Lipinski definition) is 5. The summed E-state index contributed by atoms with van der Waals surface area (Å²) < 4.78 is 5.59. The molecular formula is C30H37N5O4. The number of nitrogens with one attached hydrogen (secondary N) is 2. The summed E-state index contributed by atoms with van der Waals surface area (Å²) in [6, 6.07) is 12.1. The highest BCUT2D eigenvalue weighted by atomic mass is 16.6. The van der Waals surface area contributed by atoms with Crippen molar-refractivity contribution in [2.24, 2.45) is 0 Å². The second kappa shape index (κ2) is 10.6. The Balaban J connectivity index is 1.39. The minimum absolute atomic E-state index is 0.164. The number of amides is 3. The molecule has 1 saturated heterocycles. The molecule has 2 aliphatic heterocycles. The molecule has 2 atom stereocenters. The van der Waals surface area contributed by atoms with Gasteiger partial charge in [-0.25, -0.2) is 4.79 Å². The molecule has 1 fully saturated rings. The summed E-state index contributed by atoms with van der Waals surface area (Å²) in [5.41, 5.74) is 9.95. The van der Waals surface area contributed by atoms with Crippen molar-refractivity contribution in [2.75, 3.05) is 12.3 Å². The van der Waals surface area contributed by atoms with Crippen LogP contribution in [0.3, 0.4) is 0 Å². The largest absolute Gasteiger partial charge is 0.444 e. The van der Waals surface area contributed by atoms with E-state index in [0.29, 0.717) is 38.2 Å². The van der Waals surface area contributed by atoms with Crippen molar-refractivity contribution in [2.45, 2.75) is 77.2 Å². The molecule has 9 nitrogen and oxygen atoms in total. The summed E-state index contributed by atoms with van der Waals surface area (Å²) >= 11 is 0. The molecule has 2 aliphatic rings. The van der Waals surface area contributed by atoms with E-state index in [1.807, 2.05) is 69.4 Å². The van der Waals surface area contributed by atoms with E-state index in [1.54, 1.807) is 4.90 Å². The van der Waals surface area contributed by atoms with E-state index in [2.05, 4.69) is 10.3 Å². The highest BCUT2D eigenvalue weighted by Gasteiger charge is 2.38. The first-order valence-corrected chi connectivity index (χ1v) is 13.6. The smallest absolute Gasteiger partial charge is 0.410 e. The predicted octanol–water partition coefficient (Wildman–Crippen LogP) is 4.11. The van der Waals surface area contributed by atoms with Gasteiger partial charge >= 0.3 is 6.09 Å². The number of piperidine rings is 1. The summed E-state index contributed by atoms with van der Waals surface area (Å²) in [5.74, 6) is -0.497. The van der Waals surface area contributed by atoms with E-state index < -0.39 is 23.8 Å². The van der Waals surface area contributed by atoms with E-state index in [9.17, 15) is 14.4 Å².